The van der Waals surface area contributed by atoms with Gasteiger partial charge in [0.1, 0.15) is 24.3 Å². The molecule has 1 saturated heterocycles. The summed E-state index contributed by atoms with van der Waals surface area (Å²) in [6.45, 7) is 2.89. The van der Waals surface area contributed by atoms with Crippen molar-refractivity contribution < 1.29 is 18.7 Å². The van der Waals surface area contributed by atoms with Crippen LogP contribution in [0.2, 0.25) is 0 Å². The minimum Gasteiger partial charge on any atom is -0.492 e. The molecule has 0 aliphatic carbocycles. The summed E-state index contributed by atoms with van der Waals surface area (Å²) in [5.41, 5.74) is 0. The molecule has 1 aliphatic heterocycles. The average molecular weight is 282 g/mol. The van der Waals surface area contributed by atoms with E-state index in [1.165, 1.54) is 12.1 Å². The maximum atomic E-state index is 12.7. The molecule has 1 heterocycles. The fourth-order valence-corrected chi connectivity index (χ4v) is 2.13. The number of carbonyl (C=O) groups is 1. The zero-order valence-electron chi connectivity index (χ0n) is 11.5. The van der Waals surface area contributed by atoms with Crippen molar-refractivity contribution in [2.75, 3.05) is 33.3 Å². The van der Waals surface area contributed by atoms with Crippen LogP contribution in [0.5, 0.6) is 5.75 Å². The molecule has 0 spiro atoms. The molecule has 110 valence electrons. The van der Waals surface area contributed by atoms with Gasteiger partial charge in [-0.25, -0.2) is 9.18 Å². The van der Waals surface area contributed by atoms with Crippen molar-refractivity contribution in [1.29, 1.82) is 0 Å². The number of nitrogens with one attached hydrogen (secondary N) is 1. The molecule has 6 heteroatoms. The van der Waals surface area contributed by atoms with Crippen LogP contribution in [0.15, 0.2) is 24.3 Å². The molecule has 1 aromatic carbocycles. The monoisotopic (exact) mass is 282 g/mol. The number of hydrogen-bond donors (Lipinski definition) is 1. The minimum atomic E-state index is -0.389. The van der Waals surface area contributed by atoms with Crippen LogP contribution in [0.1, 0.15) is 6.42 Å². The quantitative estimate of drug-likeness (QED) is 0.892. The second kappa shape index (κ2) is 7.09. The molecule has 0 radical (unpaired) electrons. The van der Waals surface area contributed by atoms with E-state index in [0.717, 1.165) is 26.1 Å². The van der Waals surface area contributed by atoms with Gasteiger partial charge in [-0.15, -0.1) is 0 Å². The molecule has 1 amide bonds. The lowest BCUT2D eigenvalue weighted by atomic mass is 10.3. The van der Waals surface area contributed by atoms with Gasteiger partial charge in [0.25, 0.3) is 0 Å². The average Bonchev–Trinajstić information content (AvgIpc) is 2.88. The van der Waals surface area contributed by atoms with E-state index < -0.39 is 0 Å². The lowest BCUT2D eigenvalue weighted by Crippen LogP contribution is -2.30. The number of alkyl carbamates (subject to hydrolysis) is 1. The lowest BCUT2D eigenvalue weighted by Gasteiger charge is -2.16. The van der Waals surface area contributed by atoms with Gasteiger partial charge < -0.3 is 14.8 Å². The highest BCUT2D eigenvalue weighted by molar-refractivity contribution is 5.66. The third-order valence-corrected chi connectivity index (χ3v) is 3.20. The summed E-state index contributed by atoms with van der Waals surface area (Å²) < 4.78 is 23.4. The van der Waals surface area contributed by atoms with Gasteiger partial charge in [0.2, 0.25) is 0 Å². The standard InChI is InChI=1S/C14H19FN2O3/c1-16-14(18)20-13-6-7-17(10-13)8-9-19-12-4-2-11(15)3-5-12/h2-5,13H,6-10H2,1H3,(H,16,18). The number of amides is 1. The number of likely N-dealkylation sites (tertiary alicyclic amines) is 1. The Morgan fingerprint density at radius 3 is 2.90 bits per heavy atom. The van der Waals surface area contributed by atoms with E-state index in [-0.39, 0.29) is 18.0 Å². The first-order chi connectivity index (χ1) is 9.67. The predicted molar refractivity (Wildman–Crippen MR) is 72.3 cm³/mol. The predicted octanol–water partition coefficient (Wildman–Crippen LogP) is 1.63. The van der Waals surface area contributed by atoms with Crippen molar-refractivity contribution in [1.82, 2.24) is 10.2 Å². The summed E-state index contributed by atoms with van der Waals surface area (Å²) >= 11 is 0. The molecule has 1 unspecified atom stereocenters. The SMILES string of the molecule is CNC(=O)OC1CCN(CCOc2ccc(F)cc2)C1. The van der Waals surface area contributed by atoms with Crippen LogP contribution in [-0.2, 0) is 4.74 Å². The first-order valence-corrected chi connectivity index (χ1v) is 6.66. The highest BCUT2D eigenvalue weighted by atomic mass is 19.1. The lowest BCUT2D eigenvalue weighted by molar-refractivity contribution is 0.101. The highest BCUT2D eigenvalue weighted by Crippen LogP contribution is 2.14. The molecule has 1 atom stereocenters. The van der Waals surface area contributed by atoms with Gasteiger partial charge in [-0.05, 0) is 30.7 Å². The number of ether oxygens (including phenoxy) is 2. The van der Waals surface area contributed by atoms with E-state index in [1.54, 1.807) is 19.2 Å². The van der Waals surface area contributed by atoms with Crippen molar-refractivity contribution in [3.8, 4) is 5.75 Å². The van der Waals surface area contributed by atoms with Crippen molar-refractivity contribution >= 4 is 6.09 Å². The zero-order valence-corrected chi connectivity index (χ0v) is 11.5. The van der Waals surface area contributed by atoms with Gasteiger partial charge in [-0.3, -0.25) is 4.90 Å². The van der Waals surface area contributed by atoms with Crippen molar-refractivity contribution in [2.24, 2.45) is 0 Å². The third kappa shape index (κ3) is 4.38. The van der Waals surface area contributed by atoms with Crippen LogP contribution in [0.25, 0.3) is 0 Å². The van der Waals surface area contributed by atoms with Crippen molar-refractivity contribution in [3.63, 3.8) is 0 Å². The number of benzene rings is 1. The van der Waals surface area contributed by atoms with E-state index in [1.807, 2.05) is 0 Å². The van der Waals surface area contributed by atoms with E-state index >= 15 is 0 Å². The molecule has 1 fully saturated rings. The topological polar surface area (TPSA) is 50.8 Å². The molecule has 20 heavy (non-hydrogen) atoms. The Morgan fingerprint density at radius 2 is 2.20 bits per heavy atom. The molecule has 1 N–H and O–H groups in total. The first-order valence-electron chi connectivity index (χ1n) is 6.66. The van der Waals surface area contributed by atoms with Gasteiger partial charge in [-0.1, -0.05) is 0 Å². The first kappa shape index (κ1) is 14.6. The fraction of sp³-hybridized carbons (Fsp3) is 0.500. The van der Waals surface area contributed by atoms with Gasteiger partial charge in [-0.2, -0.15) is 0 Å². The Kier molecular flexibility index (Phi) is 5.17. The maximum absolute atomic E-state index is 12.7. The zero-order chi connectivity index (χ0) is 14.4. The minimum absolute atomic E-state index is 0.0548. The molecular formula is C14H19FN2O3. The van der Waals surface area contributed by atoms with Gasteiger partial charge in [0.15, 0.2) is 0 Å². The van der Waals surface area contributed by atoms with Gasteiger partial charge in [0, 0.05) is 26.7 Å². The number of halogens is 1. The van der Waals surface area contributed by atoms with Gasteiger partial charge in [0.05, 0.1) is 0 Å². The van der Waals surface area contributed by atoms with Crippen LogP contribution in [-0.4, -0.2) is 50.4 Å². The molecule has 1 aliphatic rings. The summed E-state index contributed by atoms with van der Waals surface area (Å²) in [6, 6.07) is 5.96. The Balaban J connectivity index is 1.65. The molecular weight excluding hydrogens is 263 g/mol. The summed E-state index contributed by atoms with van der Waals surface area (Å²) in [4.78, 5) is 13.3. The largest absolute Gasteiger partial charge is 0.492 e. The third-order valence-electron chi connectivity index (χ3n) is 3.20. The summed E-state index contributed by atoms with van der Waals surface area (Å²) in [5, 5.41) is 2.44. The van der Waals surface area contributed by atoms with E-state index in [9.17, 15) is 9.18 Å². The number of hydrogen-bond acceptors (Lipinski definition) is 4. The summed E-state index contributed by atoms with van der Waals surface area (Å²) in [5.74, 6) is 0.384. The number of carbonyl (C=O) groups excluding carboxylic acids is 1. The summed E-state index contributed by atoms with van der Waals surface area (Å²) in [7, 11) is 1.55. The molecule has 0 bridgehead atoms. The normalized spacial score (nSPS) is 18.8. The molecule has 0 aromatic heterocycles. The fourth-order valence-electron chi connectivity index (χ4n) is 2.13. The van der Waals surface area contributed by atoms with Crippen molar-refractivity contribution in [2.45, 2.75) is 12.5 Å². The smallest absolute Gasteiger partial charge is 0.407 e. The number of rotatable bonds is 5. The summed E-state index contributed by atoms with van der Waals surface area (Å²) in [6.07, 6.45) is 0.393. The molecule has 1 aromatic rings. The van der Waals surface area contributed by atoms with E-state index in [2.05, 4.69) is 10.2 Å². The Morgan fingerprint density at radius 1 is 1.45 bits per heavy atom. The van der Waals surface area contributed by atoms with E-state index in [4.69, 9.17) is 9.47 Å². The maximum Gasteiger partial charge on any atom is 0.407 e. The highest BCUT2D eigenvalue weighted by Gasteiger charge is 2.24. The van der Waals surface area contributed by atoms with Crippen molar-refractivity contribution in [3.05, 3.63) is 30.1 Å². The van der Waals surface area contributed by atoms with Crippen LogP contribution in [0.3, 0.4) is 0 Å². The van der Waals surface area contributed by atoms with Crippen LogP contribution in [0, 0.1) is 5.82 Å². The van der Waals surface area contributed by atoms with Crippen LogP contribution < -0.4 is 10.1 Å². The van der Waals surface area contributed by atoms with E-state index in [0.29, 0.717) is 12.4 Å². The second-order valence-electron chi connectivity index (χ2n) is 4.67. The number of nitrogens with zero attached hydrogens (tertiary/aromatic N) is 1. The van der Waals surface area contributed by atoms with Crippen LogP contribution in [0.4, 0.5) is 9.18 Å². The molecule has 2 rings (SSSR count). The van der Waals surface area contributed by atoms with Gasteiger partial charge >= 0.3 is 6.09 Å². The second-order valence-corrected chi connectivity index (χ2v) is 4.67. The van der Waals surface area contributed by atoms with Crippen LogP contribution >= 0.6 is 0 Å². The molecule has 0 saturated carbocycles. The Labute approximate surface area is 117 Å². The Bertz CT molecular complexity index is 439. The molecule has 5 nitrogen and oxygen atoms in total. The Hall–Kier alpha value is -1.82.